The Morgan fingerprint density at radius 2 is 2.13 bits per heavy atom. The summed E-state index contributed by atoms with van der Waals surface area (Å²) in [5.74, 6) is -0.696. The SMILES string of the molecule is CC(=O)ON(CC1=CCCCC1)C(C)=O. The first-order valence-corrected chi connectivity index (χ1v) is 5.24. The minimum Gasteiger partial charge on any atom is -0.338 e. The number of rotatable bonds is 2. The average molecular weight is 211 g/mol. The van der Waals surface area contributed by atoms with Gasteiger partial charge in [0, 0.05) is 13.8 Å². The quantitative estimate of drug-likeness (QED) is 0.517. The summed E-state index contributed by atoms with van der Waals surface area (Å²) in [4.78, 5) is 26.8. The summed E-state index contributed by atoms with van der Waals surface area (Å²) < 4.78 is 0. The van der Waals surface area contributed by atoms with E-state index in [9.17, 15) is 9.59 Å². The molecule has 0 saturated heterocycles. The largest absolute Gasteiger partial charge is 0.338 e. The fraction of sp³-hybridized carbons (Fsp3) is 0.636. The Labute approximate surface area is 89.8 Å². The Morgan fingerprint density at radius 3 is 2.60 bits per heavy atom. The number of hydrogen-bond donors (Lipinski definition) is 0. The molecule has 0 aromatic carbocycles. The van der Waals surface area contributed by atoms with Crippen LogP contribution < -0.4 is 0 Å². The van der Waals surface area contributed by atoms with Gasteiger partial charge in [-0.05, 0) is 25.7 Å². The summed E-state index contributed by atoms with van der Waals surface area (Å²) >= 11 is 0. The van der Waals surface area contributed by atoms with E-state index in [1.165, 1.54) is 25.8 Å². The molecule has 0 unspecified atom stereocenters. The maximum atomic E-state index is 11.2. The summed E-state index contributed by atoms with van der Waals surface area (Å²) in [5.41, 5.74) is 1.18. The second-order valence-corrected chi connectivity index (χ2v) is 3.75. The highest BCUT2D eigenvalue weighted by atomic mass is 16.7. The molecule has 1 aliphatic carbocycles. The maximum Gasteiger partial charge on any atom is 0.329 e. The van der Waals surface area contributed by atoms with Crippen LogP contribution in [0.2, 0.25) is 0 Å². The van der Waals surface area contributed by atoms with Gasteiger partial charge in [0.05, 0.1) is 6.54 Å². The van der Waals surface area contributed by atoms with Crippen molar-refractivity contribution in [2.24, 2.45) is 0 Å². The van der Waals surface area contributed by atoms with E-state index < -0.39 is 5.97 Å². The van der Waals surface area contributed by atoms with E-state index in [1.807, 2.05) is 0 Å². The van der Waals surface area contributed by atoms with Crippen LogP contribution >= 0.6 is 0 Å². The Morgan fingerprint density at radius 1 is 1.40 bits per heavy atom. The molecule has 0 fully saturated rings. The predicted molar refractivity (Wildman–Crippen MR) is 55.7 cm³/mol. The normalized spacial score (nSPS) is 15.5. The highest BCUT2D eigenvalue weighted by Crippen LogP contribution is 2.18. The topological polar surface area (TPSA) is 46.6 Å². The lowest BCUT2D eigenvalue weighted by atomic mass is 10.00. The van der Waals surface area contributed by atoms with E-state index in [0.717, 1.165) is 24.3 Å². The number of carbonyl (C=O) groups excluding carboxylic acids is 2. The molecule has 0 N–H and O–H groups in total. The van der Waals surface area contributed by atoms with Crippen LogP contribution in [0, 0.1) is 0 Å². The molecule has 84 valence electrons. The molecule has 0 heterocycles. The van der Waals surface area contributed by atoms with Crippen molar-refractivity contribution in [3.05, 3.63) is 11.6 Å². The van der Waals surface area contributed by atoms with Crippen LogP contribution in [0.15, 0.2) is 11.6 Å². The molecule has 4 nitrogen and oxygen atoms in total. The van der Waals surface area contributed by atoms with E-state index >= 15 is 0 Å². The third-order valence-electron chi connectivity index (χ3n) is 2.32. The maximum absolute atomic E-state index is 11.2. The van der Waals surface area contributed by atoms with Crippen LogP contribution in [-0.4, -0.2) is 23.5 Å². The van der Waals surface area contributed by atoms with Crippen LogP contribution in [0.5, 0.6) is 0 Å². The van der Waals surface area contributed by atoms with Crippen molar-refractivity contribution in [3.63, 3.8) is 0 Å². The molecule has 0 saturated carbocycles. The Kier molecular flexibility index (Phi) is 4.34. The number of amides is 1. The average Bonchev–Trinajstić information content (AvgIpc) is 2.17. The van der Waals surface area contributed by atoms with E-state index in [0.29, 0.717) is 6.54 Å². The first-order valence-electron chi connectivity index (χ1n) is 5.24. The molecule has 0 radical (unpaired) electrons. The van der Waals surface area contributed by atoms with Gasteiger partial charge in [-0.2, -0.15) is 5.06 Å². The molecule has 0 bridgehead atoms. The van der Waals surface area contributed by atoms with Gasteiger partial charge in [0.15, 0.2) is 0 Å². The molecule has 4 heteroatoms. The van der Waals surface area contributed by atoms with Gasteiger partial charge in [-0.3, -0.25) is 9.59 Å². The zero-order valence-corrected chi connectivity index (χ0v) is 9.28. The molecule has 0 spiro atoms. The zero-order valence-electron chi connectivity index (χ0n) is 9.28. The third kappa shape index (κ3) is 4.14. The van der Waals surface area contributed by atoms with Gasteiger partial charge in [-0.25, -0.2) is 0 Å². The molecule has 1 aliphatic rings. The van der Waals surface area contributed by atoms with Crippen molar-refractivity contribution < 1.29 is 14.4 Å². The van der Waals surface area contributed by atoms with Crippen LogP contribution in [0.25, 0.3) is 0 Å². The first kappa shape index (κ1) is 11.8. The fourth-order valence-corrected chi connectivity index (χ4v) is 1.60. The molecule has 1 amide bonds. The van der Waals surface area contributed by atoms with Crippen molar-refractivity contribution >= 4 is 11.9 Å². The van der Waals surface area contributed by atoms with E-state index in [1.54, 1.807) is 0 Å². The standard InChI is InChI=1S/C11H17NO3/c1-9(13)12(15-10(2)14)8-11-6-4-3-5-7-11/h6H,3-5,7-8H2,1-2H3. The van der Waals surface area contributed by atoms with Crippen LogP contribution in [0.3, 0.4) is 0 Å². The molecule has 0 atom stereocenters. The molecule has 0 aliphatic heterocycles. The van der Waals surface area contributed by atoms with Crippen molar-refractivity contribution in [2.75, 3.05) is 6.54 Å². The molecule has 1 rings (SSSR count). The van der Waals surface area contributed by atoms with Gasteiger partial charge in [-0.15, -0.1) is 0 Å². The van der Waals surface area contributed by atoms with E-state index in [4.69, 9.17) is 4.84 Å². The van der Waals surface area contributed by atoms with Crippen molar-refractivity contribution in [2.45, 2.75) is 39.5 Å². The second-order valence-electron chi connectivity index (χ2n) is 3.75. The highest BCUT2D eigenvalue weighted by molar-refractivity contribution is 5.75. The van der Waals surface area contributed by atoms with Crippen molar-refractivity contribution in [1.82, 2.24) is 5.06 Å². The Balaban J connectivity index is 2.53. The Hall–Kier alpha value is -1.32. The number of allylic oxidation sites excluding steroid dienone is 1. The Bertz CT molecular complexity index is 284. The third-order valence-corrected chi connectivity index (χ3v) is 2.32. The second kappa shape index (κ2) is 5.53. The van der Waals surface area contributed by atoms with Gasteiger partial charge < -0.3 is 4.84 Å². The number of hydroxylamine groups is 2. The van der Waals surface area contributed by atoms with Gasteiger partial charge >= 0.3 is 5.97 Å². The van der Waals surface area contributed by atoms with Gasteiger partial charge in [0.1, 0.15) is 0 Å². The van der Waals surface area contributed by atoms with Crippen LogP contribution in [0.1, 0.15) is 39.5 Å². The zero-order chi connectivity index (χ0) is 11.3. The molecular formula is C11H17NO3. The molecule has 15 heavy (non-hydrogen) atoms. The smallest absolute Gasteiger partial charge is 0.329 e. The number of nitrogens with zero attached hydrogens (tertiary/aromatic N) is 1. The predicted octanol–water partition coefficient (Wildman–Crippen LogP) is 1.81. The molecule has 0 aromatic rings. The molecular weight excluding hydrogens is 194 g/mol. The van der Waals surface area contributed by atoms with Crippen molar-refractivity contribution in [1.29, 1.82) is 0 Å². The lowest BCUT2D eigenvalue weighted by molar-refractivity contribution is -0.193. The minimum atomic E-state index is -0.457. The summed E-state index contributed by atoms with van der Waals surface area (Å²) in [5, 5.41) is 1.12. The summed E-state index contributed by atoms with van der Waals surface area (Å²) in [6.45, 7) is 3.10. The fourth-order valence-electron chi connectivity index (χ4n) is 1.60. The highest BCUT2D eigenvalue weighted by Gasteiger charge is 2.15. The minimum absolute atomic E-state index is 0.239. The van der Waals surface area contributed by atoms with Crippen LogP contribution in [0.4, 0.5) is 0 Å². The van der Waals surface area contributed by atoms with E-state index in [2.05, 4.69) is 6.08 Å². The number of carbonyl (C=O) groups is 2. The van der Waals surface area contributed by atoms with Gasteiger partial charge in [-0.1, -0.05) is 11.6 Å². The molecule has 0 aromatic heterocycles. The summed E-state index contributed by atoms with van der Waals surface area (Å²) in [6.07, 6.45) is 6.53. The lowest BCUT2D eigenvalue weighted by Crippen LogP contribution is -2.32. The van der Waals surface area contributed by atoms with Crippen LogP contribution in [-0.2, 0) is 14.4 Å². The number of hydrogen-bond acceptors (Lipinski definition) is 3. The van der Waals surface area contributed by atoms with Gasteiger partial charge in [0.25, 0.3) is 5.91 Å². The summed E-state index contributed by atoms with van der Waals surface area (Å²) in [6, 6.07) is 0. The monoisotopic (exact) mass is 211 g/mol. The van der Waals surface area contributed by atoms with Crippen molar-refractivity contribution in [3.8, 4) is 0 Å². The lowest BCUT2D eigenvalue weighted by Gasteiger charge is -2.21. The van der Waals surface area contributed by atoms with E-state index in [-0.39, 0.29) is 5.91 Å². The van der Waals surface area contributed by atoms with Gasteiger partial charge in [0.2, 0.25) is 0 Å². The summed E-state index contributed by atoms with van der Waals surface area (Å²) in [7, 11) is 0. The first-order chi connectivity index (χ1) is 7.09.